The molecule has 1 saturated heterocycles. The van der Waals surface area contributed by atoms with Gasteiger partial charge in [0.2, 0.25) is 0 Å². The number of β-amino-alcohol motifs (C(OH)–C–C–N with tert-alkyl or cyclic N) is 1. The monoisotopic (exact) mass is 230 g/mol. The topological polar surface area (TPSA) is 61.8 Å². The number of nitrogens with zero attached hydrogens (tertiary/aromatic N) is 1. The summed E-state index contributed by atoms with van der Waals surface area (Å²) in [5, 5.41) is 12.4. The molecular formula is C11H22N2O3. The van der Waals surface area contributed by atoms with Crippen molar-refractivity contribution in [2.24, 2.45) is 0 Å². The predicted molar refractivity (Wildman–Crippen MR) is 61.3 cm³/mol. The first-order valence-electron chi connectivity index (χ1n) is 5.71. The van der Waals surface area contributed by atoms with Gasteiger partial charge in [-0.25, -0.2) is 4.79 Å². The number of carbonyl (C=O) groups excluding carboxylic acids is 1. The molecule has 0 saturated carbocycles. The van der Waals surface area contributed by atoms with Crippen LogP contribution in [0.5, 0.6) is 0 Å². The summed E-state index contributed by atoms with van der Waals surface area (Å²) < 4.78 is 5.14. The molecule has 1 rings (SSSR count). The minimum Gasteiger partial charge on any atom is -0.444 e. The fourth-order valence-corrected chi connectivity index (χ4v) is 1.73. The first-order chi connectivity index (χ1) is 7.31. The first-order valence-corrected chi connectivity index (χ1v) is 5.71. The van der Waals surface area contributed by atoms with Gasteiger partial charge in [-0.2, -0.15) is 0 Å². The number of likely N-dealkylation sites (N-methyl/N-ethyl adjacent to an activating group) is 1. The maximum atomic E-state index is 11.5. The van der Waals surface area contributed by atoms with Crippen molar-refractivity contribution in [2.45, 2.75) is 45.4 Å². The van der Waals surface area contributed by atoms with Crippen LogP contribution in [0.4, 0.5) is 4.79 Å². The van der Waals surface area contributed by atoms with Gasteiger partial charge in [0, 0.05) is 13.1 Å². The Balaban J connectivity index is 2.40. The number of ether oxygens (including phenoxy) is 1. The van der Waals surface area contributed by atoms with Crippen molar-refractivity contribution in [1.29, 1.82) is 0 Å². The summed E-state index contributed by atoms with van der Waals surface area (Å²) in [6.07, 6.45) is -0.970. The van der Waals surface area contributed by atoms with E-state index >= 15 is 0 Å². The molecule has 1 fully saturated rings. The van der Waals surface area contributed by atoms with Gasteiger partial charge in [0.05, 0.1) is 12.1 Å². The summed E-state index contributed by atoms with van der Waals surface area (Å²) in [7, 11) is 0. The van der Waals surface area contributed by atoms with E-state index in [2.05, 4.69) is 10.2 Å². The Labute approximate surface area is 96.8 Å². The summed E-state index contributed by atoms with van der Waals surface area (Å²) >= 11 is 0. The zero-order chi connectivity index (χ0) is 12.3. The third-order valence-electron chi connectivity index (χ3n) is 2.51. The van der Waals surface area contributed by atoms with Gasteiger partial charge in [-0.05, 0) is 27.3 Å². The lowest BCUT2D eigenvalue weighted by Gasteiger charge is -2.22. The van der Waals surface area contributed by atoms with Crippen LogP contribution in [0.3, 0.4) is 0 Å². The van der Waals surface area contributed by atoms with E-state index in [0.29, 0.717) is 13.1 Å². The van der Waals surface area contributed by atoms with Gasteiger partial charge in [-0.3, -0.25) is 4.90 Å². The maximum absolute atomic E-state index is 11.5. The number of rotatable bonds is 2. The molecule has 1 amide bonds. The van der Waals surface area contributed by atoms with Crippen LogP contribution in [-0.4, -0.2) is 53.5 Å². The second-order valence-electron chi connectivity index (χ2n) is 5.17. The Kier molecular flexibility index (Phi) is 4.15. The normalized spacial score (nSPS) is 26.8. The summed E-state index contributed by atoms with van der Waals surface area (Å²) in [6.45, 7) is 9.64. The van der Waals surface area contributed by atoms with E-state index < -0.39 is 17.8 Å². The Hall–Kier alpha value is -0.810. The predicted octanol–water partition coefficient (Wildman–Crippen LogP) is 0.576. The van der Waals surface area contributed by atoms with Gasteiger partial charge in [0.1, 0.15) is 5.60 Å². The minimum atomic E-state index is -0.507. The maximum Gasteiger partial charge on any atom is 0.408 e. The molecule has 0 aromatic rings. The standard InChI is InChI=1S/C11H22N2O3/c1-5-13-6-8(9(14)7-13)12-10(15)16-11(2,3)4/h8-9,14H,5-7H2,1-4H3,(H,12,15). The molecule has 0 spiro atoms. The average molecular weight is 230 g/mol. The smallest absolute Gasteiger partial charge is 0.408 e. The molecule has 1 aliphatic rings. The zero-order valence-corrected chi connectivity index (χ0v) is 10.5. The molecule has 0 aromatic carbocycles. The van der Waals surface area contributed by atoms with E-state index in [9.17, 15) is 9.90 Å². The van der Waals surface area contributed by atoms with Gasteiger partial charge in [-0.1, -0.05) is 6.92 Å². The highest BCUT2D eigenvalue weighted by molar-refractivity contribution is 5.68. The van der Waals surface area contributed by atoms with Crippen molar-refractivity contribution in [2.75, 3.05) is 19.6 Å². The highest BCUT2D eigenvalue weighted by Gasteiger charge is 2.32. The number of aliphatic hydroxyl groups is 1. The summed E-state index contributed by atoms with van der Waals surface area (Å²) in [5.41, 5.74) is -0.502. The van der Waals surface area contributed by atoms with Crippen LogP contribution in [0.25, 0.3) is 0 Å². The van der Waals surface area contributed by atoms with Gasteiger partial charge in [-0.15, -0.1) is 0 Å². The lowest BCUT2D eigenvalue weighted by atomic mass is 10.2. The van der Waals surface area contributed by atoms with Crippen LogP contribution in [0.2, 0.25) is 0 Å². The van der Waals surface area contributed by atoms with Gasteiger partial charge in [0.25, 0.3) is 0 Å². The third kappa shape index (κ3) is 3.98. The molecule has 0 aliphatic carbocycles. The van der Waals surface area contributed by atoms with Crippen LogP contribution in [0, 0.1) is 0 Å². The van der Waals surface area contributed by atoms with Crippen LogP contribution in [0.1, 0.15) is 27.7 Å². The van der Waals surface area contributed by atoms with Crippen molar-refractivity contribution in [3.8, 4) is 0 Å². The van der Waals surface area contributed by atoms with E-state index in [1.54, 1.807) is 0 Å². The molecule has 2 atom stereocenters. The van der Waals surface area contributed by atoms with Crippen molar-refractivity contribution >= 4 is 6.09 Å². The number of likely N-dealkylation sites (tertiary alicyclic amines) is 1. The van der Waals surface area contributed by atoms with Crippen molar-refractivity contribution in [3.63, 3.8) is 0 Å². The molecule has 0 radical (unpaired) electrons. The van der Waals surface area contributed by atoms with Crippen LogP contribution in [0.15, 0.2) is 0 Å². The van der Waals surface area contributed by atoms with E-state index in [1.807, 2.05) is 27.7 Å². The molecule has 0 bridgehead atoms. The fourth-order valence-electron chi connectivity index (χ4n) is 1.73. The number of hydrogen-bond acceptors (Lipinski definition) is 4. The van der Waals surface area contributed by atoms with Crippen LogP contribution >= 0.6 is 0 Å². The lowest BCUT2D eigenvalue weighted by Crippen LogP contribution is -2.45. The molecule has 2 N–H and O–H groups in total. The molecule has 5 nitrogen and oxygen atoms in total. The number of amides is 1. The molecule has 1 aliphatic heterocycles. The Morgan fingerprint density at radius 3 is 2.56 bits per heavy atom. The largest absolute Gasteiger partial charge is 0.444 e. The summed E-state index contributed by atoms with van der Waals surface area (Å²) in [5.74, 6) is 0. The summed E-state index contributed by atoms with van der Waals surface area (Å²) in [6, 6.07) is -0.227. The Morgan fingerprint density at radius 1 is 1.50 bits per heavy atom. The number of carbonyl (C=O) groups is 1. The van der Waals surface area contributed by atoms with Gasteiger partial charge < -0.3 is 15.2 Å². The van der Waals surface area contributed by atoms with E-state index in [1.165, 1.54) is 0 Å². The number of alkyl carbamates (subject to hydrolysis) is 1. The third-order valence-corrected chi connectivity index (χ3v) is 2.51. The quantitative estimate of drug-likeness (QED) is 0.728. The Morgan fingerprint density at radius 2 is 2.12 bits per heavy atom. The minimum absolute atomic E-state index is 0.227. The number of hydrogen-bond donors (Lipinski definition) is 2. The van der Waals surface area contributed by atoms with Crippen LogP contribution < -0.4 is 5.32 Å². The molecular weight excluding hydrogens is 208 g/mol. The first kappa shape index (κ1) is 13.3. The molecule has 94 valence electrons. The second kappa shape index (κ2) is 5.01. The second-order valence-corrected chi connectivity index (χ2v) is 5.17. The zero-order valence-electron chi connectivity index (χ0n) is 10.5. The molecule has 0 aromatic heterocycles. The van der Waals surface area contributed by atoms with Crippen molar-refractivity contribution in [1.82, 2.24) is 10.2 Å². The highest BCUT2D eigenvalue weighted by Crippen LogP contribution is 2.11. The van der Waals surface area contributed by atoms with E-state index in [4.69, 9.17) is 4.74 Å². The molecule has 2 unspecified atom stereocenters. The summed E-state index contributed by atoms with van der Waals surface area (Å²) in [4.78, 5) is 13.6. The highest BCUT2D eigenvalue weighted by atomic mass is 16.6. The fraction of sp³-hybridized carbons (Fsp3) is 0.909. The van der Waals surface area contributed by atoms with Crippen molar-refractivity contribution in [3.05, 3.63) is 0 Å². The lowest BCUT2D eigenvalue weighted by molar-refractivity contribution is 0.0461. The van der Waals surface area contributed by atoms with Crippen molar-refractivity contribution < 1.29 is 14.6 Å². The number of aliphatic hydroxyl groups excluding tert-OH is 1. The van der Waals surface area contributed by atoms with Crippen LogP contribution in [-0.2, 0) is 4.74 Å². The Bertz CT molecular complexity index is 250. The SMILES string of the molecule is CCN1CC(O)C(NC(=O)OC(C)(C)C)C1. The van der Waals surface area contributed by atoms with Gasteiger partial charge in [0.15, 0.2) is 0 Å². The van der Waals surface area contributed by atoms with E-state index in [-0.39, 0.29) is 6.04 Å². The average Bonchev–Trinajstić information content (AvgIpc) is 2.44. The molecule has 16 heavy (non-hydrogen) atoms. The number of nitrogens with one attached hydrogen (secondary N) is 1. The van der Waals surface area contributed by atoms with Gasteiger partial charge >= 0.3 is 6.09 Å². The van der Waals surface area contributed by atoms with E-state index in [0.717, 1.165) is 6.54 Å². The molecule has 5 heteroatoms. The molecule has 1 heterocycles.